The molecule has 0 aliphatic carbocycles. The Hall–Kier alpha value is -2.08. The maximum Gasteiger partial charge on any atom is 0.414 e. The van der Waals surface area contributed by atoms with Crippen molar-refractivity contribution < 1.29 is 14.3 Å². The lowest BCUT2D eigenvalue weighted by molar-refractivity contribution is -0.118. The number of hydrogen-bond acceptors (Lipinski definition) is 4. The summed E-state index contributed by atoms with van der Waals surface area (Å²) >= 11 is 0. The Labute approximate surface area is 144 Å². The van der Waals surface area contributed by atoms with E-state index in [4.69, 9.17) is 4.74 Å². The fourth-order valence-corrected chi connectivity index (χ4v) is 2.62. The third kappa shape index (κ3) is 4.26. The molecular formula is C18H27N3O3. The minimum absolute atomic E-state index is 0.0296. The Morgan fingerprint density at radius 1 is 1.21 bits per heavy atom. The van der Waals surface area contributed by atoms with Crippen LogP contribution in [0, 0.1) is 0 Å². The van der Waals surface area contributed by atoms with Crippen molar-refractivity contribution in [3.8, 4) is 0 Å². The van der Waals surface area contributed by atoms with Gasteiger partial charge in [-0.05, 0) is 65.0 Å². The molecule has 1 aromatic carbocycles. The highest BCUT2D eigenvalue weighted by Crippen LogP contribution is 2.32. The highest BCUT2D eigenvalue weighted by molar-refractivity contribution is 5.96. The van der Waals surface area contributed by atoms with Crippen molar-refractivity contribution in [2.24, 2.45) is 0 Å². The maximum absolute atomic E-state index is 12.3. The van der Waals surface area contributed by atoms with E-state index in [9.17, 15) is 9.59 Å². The van der Waals surface area contributed by atoms with Gasteiger partial charge in [0.2, 0.25) is 5.91 Å². The van der Waals surface area contributed by atoms with Crippen molar-refractivity contribution in [3.63, 3.8) is 0 Å². The first-order chi connectivity index (χ1) is 11.1. The lowest BCUT2D eigenvalue weighted by Crippen LogP contribution is -2.36. The van der Waals surface area contributed by atoms with E-state index < -0.39 is 5.60 Å². The van der Waals surface area contributed by atoms with Crippen LogP contribution in [0.5, 0.6) is 0 Å². The van der Waals surface area contributed by atoms with Crippen molar-refractivity contribution >= 4 is 23.4 Å². The fraction of sp³-hybridized carbons (Fsp3) is 0.556. The van der Waals surface area contributed by atoms with Crippen molar-refractivity contribution in [1.29, 1.82) is 0 Å². The molecule has 0 spiro atoms. The molecule has 1 aliphatic heterocycles. The van der Waals surface area contributed by atoms with Gasteiger partial charge >= 0.3 is 6.09 Å². The molecule has 1 aliphatic rings. The largest absolute Gasteiger partial charge is 0.443 e. The van der Waals surface area contributed by atoms with Crippen LogP contribution in [0.15, 0.2) is 18.2 Å². The highest BCUT2D eigenvalue weighted by Gasteiger charge is 2.29. The van der Waals surface area contributed by atoms with Crippen LogP contribution < -0.4 is 9.80 Å². The SMILES string of the molecule is CN(C)CC(=O)N(C)c1ccc2c(c1)CCN2C(=O)OC(C)(C)C. The molecule has 0 saturated heterocycles. The van der Waals surface area contributed by atoms with Crippen LogP contribution in [0.1, 0.15) is 26.3 Å². The Morgan fingerprint density at radius 2 is 1.88 bits per heavy atom. The predicted molar refractivity (Wildman–Crippen MR) is 95.7 cm³/mol. The normalized spacial score (nSPS) is 13.9. The summed E-state index contributed by atoms with van der Waals surface area (Å²) in [4.78, 5) is 29.6. The Kier molecular flexibility index (Phi) is 5.18. The predicted octanol–water partition coefficient (Wildman–Crippen LogP) is 2.51. The number of likely N-dealkylation sites (N-methyl/N-ethyl adjacent to an activating group) is 2. The topological polar surface area (TPSA) is 53.1 Å². The average molecular weight is 333 g/mol. The van der Waals surface area contributed by atoms with Gasteiger partial charge in [-0.25, -0.2) is 4.79 Å². The number of nitrogens with zero attached hydrogens (tertiary/aromatic N) is 3. The Morgan fingerprint density at radius 3 is 2.46 bits per heavy atom. The van der Waals surface area contributed by atoms with Crippen LogP contribution in [-0.4, -0.2) is 56.7 Å². The van der Waals surface area contributed by atoms with Gasteiger partial charge in [-0.3, -0.25) is 9.69 Å². The first-order valence-electron chi connectivity index (χ1n) is 8.13. The van der Waals surface area contributed by atoms with Crippen molar-refractivity contribution in [1.82, 2.24) is 4.90 Å². The third-order valence-electron chi connectivity index (χ3n) is 3.79. The molecule has 24 heavy (non-hydrogen) atoms. The molecule has 2 amide bonds. The lowest BCUT2D eigenvalue weighted by Gasteiger charge is -2.25. The zero-order valence-electron chi connectivity index (χ0n) is 15.4. The van der Waals surface area contributed by atoms with Gasteiger partial charge in [0.1, 0.15) is 5.60 Å². The summed E-state index contributed by atoms with van der Waals surface area (Å²) in [5, 5.41) is 0. The fourth-order valence-electron chi connectivity index (χ4n) is 2.62. The second-order valence-corrected chi connectivity index (χ2v) is 7.39. The number of benzene rings is 1. The summed E-state index contributed by atoms with van der Waals surface area (Å²) in [7, 11) is 5.51. The molecule has 0 fully saturated rings. The number of fused-ring (bicyclic) bond motifs is 1. The molecule has 0 saturated carbocycles. The Balaban J connectivity index is 2.16. The van der Waals surface area contributed by atoms with Gasteiger partial charge in [0.05, 0.1) is 12.2 Å². The zero-order chi connectivity index (χ0) is 18.1. The molecule has 1 aromatic rings. The van der Waals surface area contributed by atoms with Gasteiger partial charge in [-0.2, -0.15) is 0 Å². The highest BCUT2D eigenvalue weighted by atomic mass is 16.6. The van der Waals surface area contributed by atoms with Gasteiger partial charge in [0.15, 0.2) is 0 Å². The standard InChI is InChI=1S/C18H27N3O3/c1-18(2,3)24-17(23)21-10-9-13-11-14(7-8-15(13)21)20(6)16(22)12-19(4)5/h7-8,11H,9-10,12H2,1-6H3. The van der Waals surface area contributed by atoms with E-state index in [0.717, 1.165) is 23.4 Å². The van der Waals surface area contributed by atoms with Crippen LogP contribution >= 0.6 is 0 Å². The van der Waals surface area contributed by atoms with Gasteiger partial charge in [-0.1, -0.05) is 0 Å². The van der Waals surface area contributed by atoms with Crippen LogP contribution in [0.4, 0.5) is 16.2 Å². The number of amides is 2. The number of rotatable bonds is 3. The number of hydrogen-bond donors (Lipinski definition) is 0. The molecule has 0 radical (unpaired) electrons. The van der Waals surface area contributed by atoms with Crippen LogP contribution in [0.3, 0.4) is 0 Å². The van der Waals surface area contributed by atoms with E-state index in [1.807, 2.05) is 58.0 Å². The van der Waals surface area contributed by atoms with E-state index in [0.29, 0.717) is 13.1 Å². The molecule has 6 heteroatoms. The minimum atomic E-state index is -0.515. The Bertz CT molecular complexity index is 635. The summed E-state index contributed by atoms with van der Waals surface area (Å²) in [6.45, 7) is 6.53. The molecule has 132 valence electrons. The first kappa shape index (κ1) is 18.3. The van der Waals surface area contributed by atoms with E-state index in [-0.39, 0.29) is 12.0 Å². The van der Waals surface area contributed by atoms with Crippen molar-refractivity contribution in [2.45, 2.75) is 32.8 Å². The molecular weight excluding hydrogens is 306 g/mol. The van der Waals surface area contributed by atoms with Gasteiger partial charge in [0.25, 0.3) is 0 Å². The summed E-state index contributed by atoms with van der Waals surface area (Å²) in [6.07, 6.45) is 0.434. The van der Waals surface area contributed by atoms with E-state index in [2.05, 4.69) is 0 Å². The summed E-state index contributed by atoms with van der Waals surface area (Å²) in [5.74, 6) is 0.0296. The smallest absolute Gasteiger partial charge is 0.414 e. The number of carbonyl (C=O) groups is 2. The second-order valence-electron chi connectivity index (χ2n) is 7.39. The molecule has 0 aromatic heterocycles. The van der Waals surface area contributed by atoms with Crippen molar-refractivity contribution in [2.75, 3.05) is 44.0 Å². The zero-order valence-corrected chi connectivity index (χ0v) is 15.4. The summed E-state index contributed by atoms with van der Waals surface area (Å²) in [5.41, 5.74) is 2.24. The monoisotopic (exact) mass is 333 g/mol. The van der Waals surface area contributed by atoms with Gasteiger partial charge in [0, 0.05) is 19.3 Å². The molecule has 0 N–H and O–H groups in total. The number of anilines is 2. The summed E-state index contributed by atoms with van der Waals surface area (Å²) < 4.78 is 5.46. The maximum atomic E-state index is 12.3. The van der Waals surface area contributed by atoms with Crippen LogP contribution in [0.25, 0.3) is 0 Å². The second kappa shape index (κ2) is 6.81. The van der Waals surface area contributed by atoms with E-state index >= 15 is 0 Å². The summed E-state index contributed by atoms with van der Waals surface area (Å²) in [6, 6.07) is 5.74. The molecule has 0 atom stereocenters. The van der Waals surface area contributed by atoms with Gasteiger partial charge in [-0.15, -0.1) is 0 Å². The quantitative estimate of drug-likeness (QED) is 0.853. The average Bonchev–Trinajstić information content (AvgIpc) is 2.86. The number of ether oxygens (including phenoxy) is 1. The lowest BCUT2D eigenvalue weighted by atomic mass is 10.1. The van der Waals surface area contributed by atoms with Gasteiger partial charge < -0.3 is 14.5 Å². The van der Waals surface area contributed by atoms with E-state index in [1.165, 1.54) is 0 Å². The molecule has 0 unspecified atom stereocenters. The third-order valence-corrected chi connectivity index (χ3v) is 3.79. The molecule has 0 bridgehead atoms. The van der Waals surface area contributed by atoms with E-state index in [1.54, 1.807) is 16.8 Å². The van der Waals surface area contributed by atoms with Crippen molar-refractivity contribution in [3.05, 3.63) is 23.8 Å². The van der Waals surface area contributed by atoms with Crippen LogP contribution in [-0.2, 0) is 16.0 Å². The molecule has 6 nitrogen and oxygen atoms in total. The first-order valence-corrected chi connectivity index (χ1v) is 8.13. The molecule has 1 heterocycles. The van der Waals surface area contributed by atoms with Crippen LogP contribution in [0.2, 0.25) is 0 Å². The number of carbonyl (C=O) groups excluding carboxylic acids is 2. The molecule has 2 rings (SSSR count). The minimum Gasteiger partial charge on any atom is -0.443 e.